The number of hydrogen-bond acceptors (Lipinski definition) is 3. The van der Waals surface area contributed by atoms with E-state index in [0.717, 1.165) is 28.3 Å². The van der Waals surface area contributed by atoms with Gasteiger partial charge in [0.25, 0.3) is 0 Å². The van der Waals surface area contributed by atoms with Crippen LogP contribution >= 0.6 is 11.6 Å². The molecule has 0 aliphatic heterocycles. The lowest BCUT2D eigenvalue weighted by Crippen LogP contribution is -1.95. The lowest BCUT2D eigenvalue weighted by molar-refractivity contribution is 1.04. The summed E-state index contributed by atoms with van der Waals surface area (Å²) in [7, 11) is 0. The van der Waals surface area contributed by atoms with Gasteiger partial charge in [0.2, 0.25) is 0 Å². The Morgan fingerprint density at radius 2 is 2.15 bits per heavy atom. The fraction of sp³-hybridized carbons (Fsp3) is 0.133. The van der Waals surface area contributed by atoms with Gasteiger partial charge in [-0.1, -0.05) is 17.7 Å². The molecule has 3 aromatic heterocycles. The minimum absolute atomic E-state index is 0.282. The predicted molar refractivity (Wildman–Crippen MR) is 77.5 cm³/mol. The van der Waals surface area contributed by atoms with Crippen LogP contribution in [0.15, 0.2) is 36.7 Å². The predicted octanol–water partition coefficient (Wildman–Crippen LogP) is 3.42. The molecule has 5 heteroatoms. The average molecular weight is 283 g/mol. The van der Waals surface area contributed by atoms with E-state index in [0.29, 0.717) is 5.02 Å². The molecule has 20 heavy (non-hydrogen) atoms. The van der Waals surface area contributed by atoms with Gasteiger partial charge in [0, 0.05) is 12.4 Å². The molecular formula is C15H11ClN4. The van der Waals surface area contributed by atoms with Gasteiger partial charge in [-0.25, -0.2) is 4.98 Å². The van der Waals surface area contributed by atoms with Crippen LogP contribution in [0, 0.1) is 18.3 Å². The Morgan fingerprint density at radius 3 is 2.85 bits per heavy atom. The van der Waals surface area contributed by atoms with E-state index < -0.39 is 0 Å². The lowest BCUT2D eigenvalue weighted by atomic mass is 10.2. The monoisotopic (exact) mass is 282 g/mol. The third-order valence-corrected chi connectivity index (χ3v) is 3.31. The third kappa shape index (κ3) is 2.13. The first-order chi connectivity index (χ1) is 9.69. The molecule has 0 saturated carbocycles. The van der Waals surface area contributed by atoms with Gasteiger partial charge in [-0.2, -0.15) is 5.26 Å². The molecule has 4 nitrogen and oxygen atoms in total. The maximum Gasteiger partial charge on any atom is 0.137 e. The smallest absolute Gasteiger partial charge is 0.137 e. The van der Waals surface area contributed by atoms with Gasteiger partial charge in [-0.15, -0.1) is 0 Å². The molecule has 0 aliphatic rings. The molecule has 0 fully saturated rings. The lowest BCUT2D eigenvalue weighted by Gasteiger charge is -2.01. The van der Waals surface area contributed by atoms with E-state index in [1.807, 2.05) is 35.7 Å². The van der Waals surface area contributed by atoms with Crippen LogP contribution in [0.1, 0.15) is 11.3 Å². The van der Waals surface area contributed by atoms with Crippen LogP contribution in [0.5, 0.6) is 0 Å². The number of hydrogen-bond donors (Lipinski definition) is 0. The molecule has 3 heterocycles. The molecule has 0 aliphatic carbocycles. The van der Waals surface area contributed by atoms with Crippen molar-refractivity contribution in [2.45, 2.75) is 13.3 Å². The highest BCUT2D eigenvalue weighted by Crippen LogP contribution is 2.24. The Morgan fingerprint density at radius 1 is 1.30 bits per heavy atom. The molecule has 0 atom stereocenters. The SMILES string of the molecule is Cc1ccc2nc(-c3ccc(Cl)cn3)c(CC#N)n2c1. The standard InChI is InChI=1S/C15H11ClN4/c1-10-2-5-14-19-15(12-4-3-11(16)8-18-12)13(6-7-17)20(14)9-10/h2-5,8-9H,6H2,1H3. The molecule has 3 aromatic rings. The van der Waals surface area contributed by atoms with E-state index in [1.54, 1.807) is 12.3 Å². The van der Waals surface area contributed by atoms with Crippen molar-refractivity contribution in [3.63, 3.8) is 0 Å². The van der Waals surface area contributed by atoms with Gasteiger partial charge in [0.05, 0.1) is 28.9 Å². The van der Waals surface area contributed by atoms with E-state index in [2.05, 4.69) is 16.0 Å². The van der Waals surface area contributed by atoms with Crippen molar-refractivity contribution in [3.05, 3.63) is 52.9 Å². The molecule has 0 saturated heterocycles. The Bertz CT molecular complexity index is 812. The first-order valence-electron chi connectivity index (χ1n) is 6.15. The fourth-order valence-electron chi connectivity index (χ4n) is 2.16. The summed E-state index contributed by atoms with van der Waals surface area (Å²) in [6.45, 7) is 2.01. The van der Waals surface area contributed by atoms with Gasteiger partial charge >= 0.3 is 0 Å². The molecule has 0 radical (unpaired) electrons. The normalized spacial score (nSPS) is 10.7. The minimum atomic E-state index is 0.282. The number of rotatable bonds is 2. The Labute approximate surface area is 121 Å². The zero-order chi connectivity index (χ0) is 14.1. The first kappa shape index (κ1) is 12.6. The van der Waals surface area contributed by atoms with Crippen LogP contribution < -0.4 is 0 Å². The van der Waals surface area contributed by atoms with Crippen LogP contribution in [0.4, 0.5) is 0 Å². The molecule has 3 rings (SSSR count). The quantitative estimate of drug-likeness (QED) is 0.723. The van der Waals surface area contributed by atoms with Gasteiger partial charge in [0.1, 0.15) is 11.3 Å². The van der Waals surface area contributed by atoms with E-state index in [-0.39, 0.29) is 6.42 Å². The zero-order valence-corrected chi connectivity index (χ0v) is 11.6. The first-order valence-corrected chi connectivity index (χ1v) is 6.53. The Kier molecular flexibility index (Phi) is 3.13. The summed E-state index contributed by atoms with van der Waals surface area (Å²) in [4.78, 5) is 8.87. The summed E-state index contributed by atoms with van der Waals surface area (Å²) in [6.07, 6.45) is 3.85. The molecule has 0 aromatic carbocycles. The minimum Gasteiger partial charge on any atom is -0.302 e. The largest absolute Gasteiger partial charge is 0.302 e. The van der Waals surface area contributed by atoms with E-state index in [1.165, 1.54) is 0 Å². The Hall–Kier alpha value is -2.38. The molecule has 0 unspecified atom stereocenters. The van der Waals surface area contributed by atoms with Crippen molar-refractivity contribution in [2.75, 3.05) is 0 Å². The van der Waals surface area contributed by atoms with Crippen molar-refractivity contribution in [1.29, 1.82) is 5.26 Å². The van der Waals surface area contributed by atoms with Crippen molar-refractivity contribution < 1.29 is 0 Å². The molecular weight excluding hydrogens is 272 g/mol. The second-order valence-electron chi connectivity index (χ2n) is 4.54. The van der Waals surface area contributed by atoms with E-state index >= 15 is 0 Å². The van der Waals surface area contributed by atoms with Gasteiger partial charge in [-0.3, -0.25) is 4.98 Å². The third-order valence-electron chi connectivity index (χ3n) is 3.08. The topological polar surface area (TPSA) is 54.0 Å². The second-order valence-corrected chi connectivity index (χ2v) is 4.97. The highest BCUT2D eigenvalue weighted by Gasteiger charge is 2.14. The van der Waals surface area contributed by atoms with Crippen LogP contribution in [0.25, 0.3) is 17.0 Å². The highest BCUT2D eigenvalue weighted by atomic mass is 35.5. The summed E-state index contributed by atoms with van der Waals surface area (Å²) in [5.41, 5.74) is 4.23. The summed E-state index contributed by atoms with van der Waals surface area (Å²) in [5, 5.41) is 9.63. The number of pyridine rings is 2. The van der Waals surface area contributed by atoms with Crippen molar-refractivity contribution in [2.24, 2.45) is 0 Å². The summed E-state index contributed by atoms with van der Waals surface area (Å²) >= 11 is 5.86. The maximum atomic E-state index is 9.05. The van der Waals surface area contributed by atoms with Crippen molar-refractivity contribution >= 4 is 17.2 Å². The van der Waals surface area contributed by atoms with Gasteiger partial charge < -0.3 is 4.40 Å². The van der Waals surface area contributed by atoms with Crippen molar-refractivity contribution in [3.8, 4) is 17.5 Å². The van der Waals surface area contributed by atoms with E-state index in [9.17, 15) is 0 Å². The molecule has 0 N–H and O–H groups in total. The molecule has 0 amide bonds. The number of nitrogens with zero attached hydrogens (tertiary/aromatic N) is 4. The summed E-state index contributed by atoms with van der Waals surface area (Å²) in [6, 6.07) is 9.72. The second kappa shape index (κ2) is 4.95. The number of nitriles is 1. The highest BCUT2D eigenvalue weighted by molar-refractivity contribution is 6.30. The average Bonchev–Trinajstić information content (AvgIpc) is 2.79. The van der Waals surface area contributed by atoms with Gasteiger partial charge in [0.15, 0.2) is 0 Å². The van der Waals surface area contributed by atoms with Crippen LogP contribution in [0.3, 0.4) is 0 Å². The van der Waals surface area contributed by atoms with E-state index in [4.69, 9.17) is 16.9 Å². The Balaban J connectivity index is 2.26. The molecule has 0 spiro atoms. The number of aromatic nitrogens is 3. The summed E-state index contributed by atoms with van der Waals surface area (Å²) < 4.78 is 1.95. The number of fused-ring (bicyclic) bond motifs is 1. The maximum absolute atomic E-state index is 9.05. The van der Waals surface area contributed by atoms with Crippen LogP contribution in [-0.4, -0.2) is 14.4 Å². The number of halogens is 1. The van der Waals surface area contributed by atoms with Crippen LogP contribution in [-0.2, 0) is 6.42 Å². The molecule has 0 bridgehead atoms. The number of imidazole rings is 1. The van der Waals surface area contributed by atoms with Gasteiger partial charge in [-0.05, 0) is 30.7 Å². The van der Waals surface area contributed by atoms with Crippen LogP contribution in [0.2, 0.25) is 5.02 Å². The fourth-order valence-corrected chi connectivity index (χ4v) is 2.28. The summed E-state index contributed by atoms with van der Waals surface area (Å²) in [5.74, 6) is 0. The molecule has 98 valence electrons. The van der Waals surface area contributed by atoms with Crippen molar-refractivity contribution in [1.82, 2.24) is 14.4 Å². The zero-order valence-electron chi connectivity index (χ0n) is 10.8. The number of aryl methyl sites for hydroxylation is 1.